The summed E-state index contributed by atoms with van der Waals surface area (Å²) in [4.78, 5) is 11.9. The van der Waals surface area contributed by atoms with Gasteiger partial charge < -0.3 is 10.2 Å². The van der Waals surface area contributed by atoms with Crippen LogP contribution in [0.25, 0.3) is 11.0 Å². The number of nitrogens with two attached hydrogens (primary N) is 1. The zero-order chi connectivity index (χ0) is 13.1. The molecule has 2 aromatic rings. The molecule has 1 aromatic heterocycles. The second-order valence-electron chi connectivity index (χ2n) is 4.09. The topological polar surface area (TPSA) is 56.2 Å². The minimum Gasteiger partial charge on any atom is -0.422 e. The molecule has 0 aliphatic rings. The van der Waals surface area contributed by atoms with Gasteiger partial charge in [0.1, 0.15) is 5.58 Å². The van der Waals surface area contributed by atoms with Crippen molar-refractivity contribution in [1.29, 1.82) is 0 Å². The lowest BCUT2D eigenvalue weighted by molar-refractivity contribution is 0.551. The molecular weight excluding hydrogens is 226 g/mol. The summed E-state index contributed by atoms with van der Waals surface area (Å²) in [5, 5.41) is 0.903. The second kappa shape index (κ2) is 4.92. The Morgan fingerprint density at radius 2 is 1.83 bits per heavy atom. The van der Waals surface area contributed by atoms with Crippen LogP contribution in [0.2, 0.25) is 0 Å². The van der Waals surface area contributed by atoms with Crippen molar-refractivity contribution in [1.82, 2.24) is 0 Å². The van der Waals surface area contributed by atoms with E-state index in [2.05, 4.69) is 13.2 Å². The molecule has 0 fully saturated rings. The average Bonchev–Trinajstić information content (AvgIpc) is 2.33. The molecular formula is C15H15NO2. The Hall–Kier alpha value is -2.29. The fourth-order valence-electron chi connectivity index (χ4n) is 2.05. The SMILES string of the molecule is C=CCc1c(CC=C)c2ccc(N)cc2oc1=O. The number of benzene rings is 1. The maximum atomic E-state index is 11.9. The van der Waals surface area contributed by atoms with E-state index in [0.717, 1.165) is 10.9 Å². The Labute approximate surface area is 105 Å². The van der Waals surface area contributed by atoms with Crippen LogP contribution >= 0.6 is 0 Å². The van der Waals surface area contributed by atoms with Crippen LogP contribution in [0.5, 0.6) is 0 Å². The van der Waals surface area contributed by atoms with Gasteiger partial charge in [-0.1, -0.05) is 12.2 Å². The molecule has 0 aliphatic heterocycles. The monoisotopic (exact) mass is 241 g/mol. The second-order valence-corrected chi connectivity index (χ2v) is 4.09. The van der Waals surface area contributed by atoms with Gasteiger partial charge in [-0.25, -0.2) is 4.79 Å². The Morgan fingerprint density at radius 1 is 1.17 bits per heavy atom. The van der Waals surface area contributed by atoms with E-state index in [1.807, 2.05) is 6.07 Å². The summed E-state index contributed by atoms with van der Waals surface area (Å²) in [7, 11) is 0. The molecule has 2 rings (SSSR count). The van der Waals surface area contributed by atoms with Crippen LogP contribution < -0.4 is 11.4 Å². The van der Waals surface area contributed by atoms with Crippen molar-refractivity contribution in [2.45, 2.75) is 12.8 Å². The van der Waals surface area contributed by atoms with Gasteiger partial charge in [0.2, 0.25) is 0 Å². The number of hydrogen-bond donors (Lipinski definition) is 1. The lowest BCUT2D eigenvalue weighted by atomic mass is 9.99. The summed E-state index contributed by atoms with van der Waals surface area (Å²) in [6.07, 6.45) is 4.58. The lowest BCUT2D eigenvalue weighted by Gasteiger charge is -2.09. The highest BCUT2D eigenvalue weighted by Crippen LogP contribution is 2.23. The van der Waals surface area contributed by atoms with Gasteiger partial charge in [-0.05, 0) is 30.5 Å². The molecule has 0 aliphatic carbocycles. The Bertz CT molecular complexity index is 668. The van der Waals surface area contributed by atoms with Crippen LogP contribution in [0.4, 0.5) is 5.69 Å². The molecule has 0 unspecified atom stereocenters. The summed E-state index contributed by atoms with van der Waals surface area (Å²) in [5.41, 5.74) is 8.04. The van der Waals surface area contributed by atoms with Crippen molar-refractivity contribution < 1.29 is 4.42 Å². The highest BCUT2D eigenvalue weighted by Gasteiger charge is 2.12. The Balaban J connectivity index is 2.83. The van der Waals surface area contributed by atoms with Crippen molar-refractivity contribution in [3.63, 3.8) is 0 Å². The summed E-state index contributed by atoms with van der Waals surface area (Å²) in [6, 6.07) is 5.34. The smallest absolute Gasteiger partial charge is 0.340 e. The molecule has 18 heavy (non-hydrogen) atoms. The third-order valence-electron chi connectivity index (χ3n) is 2.84. The van der Waals surface area contributed by atoms with Crippen LogP contribution in [-0.4, -0.2) is 0 Å². The van der Waals surface area contributed by atoms with Crippen molar-refractivity contribution in [2.24, 2.45) is 0 Å². The minimum absolute atomic E-state index is 0.329. The van der Waals surface area contributed by atoms with Gasteiger partial charge >= 0.3 is 5.63 Å². The van der Waals surface area contributed by atoms with Gasteiger partial charge in [0.15, 0.2) is 0 Å². The molecule has 3 nitrogen and oxygen atoms in total. The summed E-state index contributed by atoms with van der Waals surface area (Å²) in [5.74, 6) is 0. The Kier molecular flexibility index (Phi) is 3.33. The highest BCUT2D eigenvalue weighted by atomic mass is 16.4. The van der Waals surface area contributed by atoms with E-state index in [1.54, 1.807) is 24.3 Å². The van der Waals surface area contributed by atoms with E-state index >= 15 is 0 Å². The van der Waals surface area contributed by atoms with E-state index in [9.17, 15) is 4.79 Å². The van der Waals surface area contributed by atoms with E-state index < -0.39 is 0 Å². The molecule has 0 saturated carbocycles. The van der Waals surface area contributed by atoms with Crippen LogP contribution in [0.15, 0.2) is 52.7 Å². The first kappa shape index (κ1) is 12.2. The van der Waals surface area contributed by atoms with Gasteiger partial charge in [-0.15, -0.1) is 13.2 Å². The van der Waals surface area contributed by atoms with E-state index in [-0.39, 0.29) is 5.63 Å². The Morgan fingerprint density at radius 3 is 2.50 bits per heavy atom. The summed E-state index contributed by atoms with van der Waals surface area (Å²) < 4.78 is 5.30. The van der Waals surface area contributed by atoms with E-state index in [4.69, 9.17) is 10.2 Å². The van der Waals surface area contributed by atoms with Gasteiger partial charge in [-0.2, -0.15) is 0 Å². The molecule has 92 valence electrons. The number of hydrogen-bond acceptors (Lipinski definition) is 3. The first-order valence-corrected chi connectivity index (χ1v) is 5.73. The lowest BCUT2D eigenvalue weighted by Crippen LogP contribution is -2.11. The number of fused-ring (bicyclic) bond motifs is 1. The molecule has 0 radical (unpaired) electrons. The van der Waals surface area contributed by atoms with Crippen LogP contribution in [0.3, 0.4) is 0 Å². The van der Waals surface area contributed by atoms with Gasteiger partial charge in [0.25, 0.3) is 0 Å². The zero-order valence-electron chi connectivity index (χ0n) is 10.1. The van der Waals surface area contributed by atoms with Gasteiger partial charge in [0.05, 0.1) is 0 Å². The maximum absolute atomic E-state index is 11.9. The third kappa shape index (κ3) is 2.07. The average molecular weight is 241 g/mol. The van der Waals surface area contributed by atoms with Crippen LogP contribution in [0.1, 0.15) is 11.1 Å². The predicted molar refractivity (Wildman–Crippen MR) is 74.7 cm³/mol. The number of anilines is 1. The quantitative estimate of drug-likeness (QED) is 0.508. The van der Waals surface area contributed by atoms with E-state index in [0.29, 0.717) is 29.7 Å². The molecule has 3 heteroatoms. The first-order valence-electron chi connectivity index (χ1n) is 5.73. The molecule has 0 atom stereocenters. The summed E-state index contributed by atoms with van der Waals surface area (Å²) >= 11 is 0. The highest BCUT2D eigenvalue weighted by molar-refractivity contribution is 5.84. The van der Waals surface area contributed by atoms with Crippen molar-refractivity contribution >= 4 is 16.7 Å². The molecule has 0 amide bonds. The van der Waals surface area contributed by atoms with Crippen molar-refractivity contribution in [2.75, 3.05) is 5.73 Å². The predicted octanol–water partition coefficient (Wildman–Crippen LogP) is 2.83. The van der Waals surface area contributed by atoms with Crippen molar-refractivity contribution in [3.05, 3.63) is 65.1 Å². The summed E-state index contributed by atoms with van der Waals surface area (Å²) in [6.45, 7) is 7.39. The molecule has 1 heterocycles. The standard InChI is InChI=1S/C15H15NO2/c1-3-5-11-12-8-7-10(16)9-14(12)18-15(17)13(11)6-4-2/h3-4,7-9H,1-2,5-6,16H2. The van der Waals surface area contributed by atoms with Crippen molar-refractivity contribution in [3.8, 4) is 0 Å². The number of rotatable bonds is 4. The number of nitrogen functional groups attached to an aromatic ring is 1. The van der Waals surface area contributed by atoms with Crippen LogP contribution in [-0.2, 0) is 12.8 Å². The molecule has 2 N–H and O–H groups in total. The number of allylic oxidation sites excluding steroid dienone is 2. The fourth-order valence-corrected chi connectivity index (χ4v) is 2.05. The zero-order valence-corrected chi connectivity index (χ0v) is 10.1. The molecule has 0 saturated heterocycles. The minimum atomic E-state index is -0.329. The maximum Gasteiger partial charge on any atom is 0.340 e. The van der Waals surface area contributed by atoms with Crippen LogP contribution in [0, 0.1) is 0 Å². The van der Waals surface area contributed by atoms with E-state index in [1.165, 1.54) is 0 Å². The van der Waals surface area contributed by atoms with Gasteiger partial charge in [-0.3, -0.25) is 0 Å². The first-order chi connectivity index (χ1) is 8.67. The largest absolute Gasteiger partial charge is 0.422 e. The molecule has 0 bridgehead atoms. The normalized spacial score (nSPS) is 10.4. The third-order valence-corrected chi connectivity index (χ3v) is 2.84. The fraction of sp³-hybridized carbons (Fsp3) is 0.133. The molecule has 1 aromatic carbocycles. The molecule has 0 spiro atoms. The van der Waals surface area contributed by atoms with Gasteiger partial charge in [0, 0.05) is 22.7 Å².